The van der Waals surface area contributed by atoms with Crippen LogP contribution in [0.5, 0.6) is 0 Å². The molecule has 16 heavy (non-hydrogen) atoms. The van der Waals surface area contributed by atoms with E-state index in [0.29, 0.717) is 10.1 Å². The van der Waals surface area contributed by atoms with E-state index in [1.54, 1.807) is 7.05 Å². The number of rotatable bonds is 6. The van der Waals surface area contributed by atoms with Crippen LogP contribution in [-0.4, -0.2) is 30.0 Å². The van der Waals surface area contributed by atoms with Crippen molar-refractivity contribution in [1.82, 2.24) is 10.2 Å². The van der Waals surface area contributed by atoms with Crippen LogP contribution in [0.1, 0.15) is 17.8 Å². The minimum Gasteiger partial charge on any atom is -0.374 e. The van der Waals surface area contributed by atoms with Crippen molar-refractivity contribution >= 4 is 16.5 Å². The monoisotopic (exact) mass is 255 g/mol. The van der Waals surface area contributed by atoms with E-state index in [9.17, 15) is 13.2 Å². The molecule has 8 heteroatoms. The van der Waals surface area contributed by atoms with Crippen molar-refractivity contribution < 1.29 is 17.9 Å². The number of hydrogen-bond donors (Lipinski definition) is 1. The molecule has 0 aromatic carbocycles. The first-order valence-electron chi connectivity index (χ1n) is 4.66. The molecule has 1 rings (SSSR count). The lowest BCUT2D eigenvalue weighted by molar-refractivity contribution is -0.138. The molecule has 0 amide bonds. The van der Waals surface area contributed by atoms with E-state index in [4.69, 9.17) is 4.74 Å². The lowest BCUT2D eigenvalue weighted by Crippen LogP contribution is -2.08. The summed E-state index contributed by atoms with van der Waals surface area (Å²) in [4.78, 5) is 0. The summed E-state index contributed by atoms with van der Waals surface area (Å²) in [5.74, 6) is 0. The molecule has 0 saturated carbocycles. The highest BCUT2D eigenvalue weighted by atomic mass is 32.1. The maximum absolute atomic E-state index is 11.8. The van der Waals surface area contributed by atoms with Crippen molar-refractivity contribution in [2.45, 2.75) is 25.6 Å². The predicted octanol–water partition coefficient (Wildman–Crippen LogP) is 2.44. The summed E-state index contributed by atoms with van der Waals surface area (Å²) in [5.41, 5.74) is 0. The second-order valence-electron chi connectivity index (χ2n) is 3.02. The molecule has 4 nitrogen and oxygen atoms in total. The second-order valence-corrected chi connectivity index (χ2v) is 4.08. The Kier molecular flexibility index (Phi) is 4.94. The van der Waals surface area contributed by atoms with Gasteiger partial charge in [-0.2, -0.15) is 13.2 Å². The van der Waals surface area contributed by atoms with Crippen molar-refractivity contribution in [3.8, 4) is 0 Å². The first-order chi connectivity index (χ1) is 7.51. The third kappa shape index (κ3) is 5.26. The minimum absolute atomic E-state index is 0.0266. The van der Waals surface area contributed by atoms with Gasteiger partial charge in [-0.25, -0.2) is 0 Å². The summed E-state index contributed by atoms with van der Waals surface area (Å²) in [6.07, 6.45) is -4.95. The van der Waals surface area contributed by atoms with Crippen molar-refractivity contribution in [3.05, 3.63) is 5.01 Å². The Morgan fingerprint density at radius 2 is 2.12 bits per heavy atom. The Hall–Kier alpha value is -0.890. The first kappa shape index (κ1) is 13.2. The van der Waals surface area contributed by atoms with Crippen molar-refractivity contribution in [3.63, 3.8) is 0 Å². The van der Waals surface area contributed by atoms with Gasteiger partial charge in [0.05, 0.1) is 0 Å². The molecule has 0 aliphatic carbocycles. The molecule has 0 radical (unpaired) electrons. The van der Waals surface area contributed by atoms with E-state index in [1.807, 2.05) is 0 Å². The van der Waals surface area contributed by atoms with E-state index in [2.05, 4.69) is 15.5 Å². The topological polar surface area (TPSA) is 47.0 Å². The van der Waals surface area contributed by atoms with Crippen LogP contribution in [0.3, 0.4) is 0 Å². The molecule has 0 unspecified atom stereocenters. The van der Waals surface area contributed by atoms with E-state index >= 15 is 0 Å². The Balaban J connectivity index is 2.11. The summed E-state index contributed by atoms with van der Waals surface area (Å²) < 4.78 is 40.4. The van der Waals surface area contributed by atoms with Gasteiger partial charge in [0, 0.05) is 20.1 Å². The molecule has 0 saturated heterocycles. The summed E-state index contributed by atoms with van der Waals surface area (Å²) in [6, 6.07) is 0. The largest absolute Gasteiger partial charge is 0.389 e. The van der Waals surface area contributed by atoms with Gasteiger partial charge in [0.25, 0.3) is 0 Å². The van der Waals surface area contributed by atoms with Gasteiger partial charge in [0.2, 0.25) is 5.13 Å². The van der Waals surface area contributed by atoms with Crippen LogP contribution < -0.4 is 5.32 Å². The number of nitrogens with zero attached hydrogens (tertiary/aromatic N) is 2. The maximum Gasteiger partial charge on any atom is 0.389 e. The van der Waals surface area contributed by atoms with Gasteiger partial charge in [-0.3, -0.25) is 0 Å². The highest BCUT2D eigenvalue weighted by molar-refractivity contribution is 7.15. The zero-order valence-corrected chi connectivity index (χ0v) is 9.49. The molecule has 0 aliphatic heterocycles. The smallest absolute Gasteiger partial charge is 0.374 e. The average Bonchev–Trinajstić information content (AvgIpc) is 2.63. The molecule has 1 aromatic heterocycles. The fourth-order valence-corrected chi connectivity index (χ4v) is 1.58. The fraction of sp³-hybridized carbons (Fsp3) is 0.750. The Morgan fingerprint density at radius 3 is 2.69 bits per heavy atom. The zero-order chi connectivity index (χ0) is 12.0. The van der Waals surface area contributed by atoms with E-state index in [-0.39, 0.29) is 19.6 Å². The van der Waals surface area contributed by atoms with Gasteiger partial charge < -0.3 is 10.1 Å². The lowest BCUT2D eigenvalue weighted by atomic mass is 10.3. The van der Waals surface area contributed by atoms with Crippen LogP contribution in [0.15, 0.2) is 0 Å². The van der Waals surface area contributed by atoms with Crippen LogP contribution in [0.2, 0.25) is 0 Å². The number of halogens is 3. The molecule has 0 spiro atoms. The van der Waals surface area contributed by atoms with E-state index in [1.165, 1.54) is 11.3 Å². The van der Waals surface area contributed by atoms with Gasteiger partial charge in [0.15, 0.2) is 0 Å². The van der Waals surface area contributed by atoms with E-state index in [0.717, 1.165) is 0 Å². The lowest BCUT2D eigenvalue weighted by Gasteiger charge is -2.05. The molecular weight excluding hydrogens is 243 g/mol. The summed E-state index contributed by atoms with van der Waals surface area (Å²) in [6.45, 7) is 0.283. The third-order valence-corrected chi connectivity index (χ3v) is 2.57. The number of aromatic nitrogens is 2. The van der Waals surface area contributed by atoms with Crippen molar-refractivity contribution in [2.24, 2.45) is 0 Å². The average molecular weight is 255 g/mol. The van der Waals surface area contributed by atoms with Gasteiger partial charge in [0.1, 0.15) is 11.6 Å². The summed E-state index contributed by atoms with van der Waals surface area (Å²) >= 11 is 1.32. The molecule has 92 valence electrons. The number of ether oxygens (including phenoxy) is 1. The molecule has 0 fully saturated rings. The van der Waals surface area contributed by atoms with Crippen LogP contribution in [0, 0.1) is 0 Å². The molecule has 0 bridgehead atoms. The number of anilines is 1. The summed E-state index contributed by atoms with van der Waals surface area (Å²) in [7, 11) is 1.72. The number of alkyl halides is 3. The van der Waals surface area contributed by atoms with Gasteiger partial charge in [-0.1, -0.05) is 11.3 Å². The third-order valence-electron chi connectivity index (χ3n) is 1.66. The molecule has 1 aromatic rings. The van der Waals surface area contributed by atoms with Gasteiger partial charge >= 0.3 is 6.18 Å². The zero-order valence-electron chi connectivity index (χ0n) is 8.67. The Morgan fingerprint density at radius 1 is 1.38 bits per heavy atom. The summed E-state index contributed by atoms with van der Waals surface area (Å²) in [5, 5.41) is 11.7. The van der Waals surface area contributed by atoms with Crippen molar-refractivity contribution in [1.29, 1.82) is 0 Å². The van der Waals surface area contributed by atoms with Crippen LogP contribution >= 0.6 is 11.3 Å². The Bertz CT molecular complexity index is 316. The van der Waals surface area contributed by atoms with Crippen LogP contribution in [-0.2, 0) is 11.3 Å². The molecule has 0 atom stereocenters. The molecular formula is C8H12F3N3OS. The van der Waals surface area contributed by atoms with E-state index < -0.39 is 12.6 Å². The fourth-order valence-electron chi connectivity index (χ4n) is 0.947. The Labute approximate surface area is 94.8 Å². The van der Waals surface area contributed by atoms with Gasteiger partial charge in [-0.05, 0) is 6.42 Å². The highest BCUT2D eigenvalue weighted by Crippen LogP contribution is 2.21. The van der Waals surface area contributed by atoms with Crippen LogP contribution in [0.25, 0.3) is 0 Å². The minimum atomic E-state index is -4.11. The predicted molar refractivity (Wildman–Crippen MR) is 54.4 cm³/mol. The SMILES string of the molecule is CNc1nnc(COCCCC(F)(F)F)s1. The number of nitrogens with one attached hydrogen (secondary N) is 1. The van der Waals surface area contributed by atoms with Gasteiger partial charge in [-0.15, -0.1) is 10.2 Å². The second kappa shape index (κ2) is 6.00. The van der Waals surface area contributed by atoms with Crippen LogP contribution in [0.4, 0.5) is 18.3 Å². The molecule has 1 heterocycles. The molecule has 0 aliphatic rings. The normalized spacial score (nSPS) is 11.8. The maximum atomic E-state index is 11.8. The quantitative estimate of drug-likeness (QED) is 0.793. The molecule has 1 N–H and O–H groups in total. The standard InChI is InChI=1S/C8H12F3N3OS/c1-12-7-14-13-6(16-7)5-15-4-2-3-8(9,10)11/h2-5H2,1H3,(H,12,14). The van der Waals surface area contributed by atoms with Crippen molar-refractivity contribution in [2.75, 3.05) is 19.0 Å². The first-order valence-corrected chi connectivity index (χ1v) is 5.47. The highest BCUT2D eigenvalue weighted by Gasteiger charge is 2.25. The number of hydrogen-bond acceptors (Lipinski definition) is 5.